The molecular weight excluding hydrogens is 240 g/mol. The highest BCUT2D eigenvalue weighted by Crippen LogP contribution is 2.29. The zero-order chi connectivity index (χ0) is 12.4. The number of aliphatic carboxylic acids is 1. The van der Waals surface area contributed by atoms with Gasteiger partial charge in [-0.15, -0.1) is 11.3 Å². The Hall–Kier alpha value is -1.43. The fourth-order valence-corrected chi connectivity index (χ4v) is 2.78. The summed E-state index contributed by atoms with van der Waals surface area (Å²) in [5.41, 5.74) is 1.06. The summed E-state index contributed by atoms with van der Waals surface area (Å²) in [6.07, 6.45) is 4.26. The van der Waals surface area contributed by atoms with Gasteiger partial charge < -0.3 is 10.4 Å². The van der Waals surface area contributed by atoms with Crippen molar-refractivity contribution in [2.75, 3.05) is 5.32 Å². The third-order valence-corrected chi connectivity index (χ3v) is 3.91. The van der Waals surface area contributed by atoms with Gasteiger partial charge in [0.05, 0.1) is 5.69 Å². The van der Waals surface area contributed by atoms with Gasteiger partial charge in [-0.2, -0.15) is 0 Å². The first kappa shape index (κ1) is 12.0. The molecule has 1 atom stereocenters. The molecule has 92 valence electrons. The van der Waals surface area contributed by atoms with Crippen LogP contribution in [0.25, 0.3) is 0 Å². The number of thiazole rings is 1. The van der Waals surface area contributed by atoms with Crippen LogP contribution in [0.15, 0.2) is 0 Å². The number of carbonyl (C=O) groups excluding carboxylic acids is 1. The Kier molecular flexibility index (Phi) is 3.42. The second kappa shape index (κ2) is 4.83. The number of carbonyl (C=O) groups is 2. The zero-order valence-electron chi connectivity index (χ0n) is 9.52. The van der Waals surface area contributed by atoms with Crippen molar-refractivity contribution in [2.45, 2.75) is 32.6 Å². The first-order chi connectivity index (χ1) is 8.08. The second-order valence-electron chi connectivity index (χ2n) is 4.15. The van der Waals surface area contributed by atoms with E-state index in [0.717, 1.165) is 31.4 Å². The summed E-state index contributed by atoms with van der Waals surface area (Å²) >= 11 is 1.46. The molecule has 0 aliphatic heterocycles. The number of carboxylic acid groups (broad SMARTS) is 1. The highest BCUT2D eigenvalue weighted by Gasteiger charge is 2.22. The summed E-state index contributed by atoms with van der Waals surface area (Å²) in [6, 6.07) is 0. The van der Waals surface area contributed by atoms with Gasteiger partial charge in [0.25, 0.3) is 0 Å². The number of fused-ring (bicyclic) bond motifs is 1. The van der Waals surface area contributed by atoms with Gasteiger partial charge in [-0.25, -0.2) is 4.98 Å². The molecule has 2 rings (SSSR count). The molecule has 1 aromatic rings. The Balaban J connectivity index is 2.06. The average molecular weight is 254 g/mol. The van der Waals surface area contributed by atoms with E-state index in [9.17, 15) is 9.59 Å². The zero-order valence-corrected chi connectivity index (χ0v) is 10.3. The van der Waals surface area contributed by atoms with Crippen molar-refractivity contribution < 1.29 is 14.7 Å². The van der Waals surface area contributed by atoms with Crippen LogP contribution >= 0.6 is 11.3 Å². The number of aromatic nitrogens is 1. The molecule has 5 nitrogen and oxygen atoms in total. The van der Waals surface area contributed by atoms with Crippen molar-refractivity contribution >= 4 is 28.3 Å². The van der Waals surface area contributed by atoms with Crippen LogP contribution < -0.4 is 5.32 Å². The van der Waals surface area contributed by atoms with Gasteiger partial charge in [0.2, 0.25) is 5.91 Å². The molecule has 0 bridgehead atoms. The van der Waals surface area contributed by atoms with E-state index >= 15 is 0 Å². The van der Waals surface area contributed by atoms with Crippen LogP contribution in [-0.4, -0.2) is 22.0 Å². The van der Waals surface area contributed by atoms with E-state index in [1.54, 1.807) is 0 Å². The van der Waals surface area contributed by atoms with Gasteiger partial charge in [-0.3, -0.25) is 9.59 Å². The number of rotatable bonds is 3. The average Bonchev–Trinajstić information content (AvgIpc) is 2.69. The van der Waals surface area contributed by atoms with Gasteiger partial charge in [-0.05, 0) is 32.6 Å². The van der Waals surface area contributed by atoms with E-state index in [-0.39, 0.29) is 0 Å². The lowest BCUT2D eigenvalue weighted by molar-refractivity contribution is -0.144. The number of nitrogens with one attached hydrogen (secondary N) is 1. The topological polar surface area (TPSA) is 79.3 Å². The molecule has 1 amide bonds. The van der Waals surface area contributed by atoms with Gasteiger partial charge in [0, 0.05) is 4.88 Å². The van der Waals surface area contributed by atoms with Crippen molar-refractivity contribution in [1.29, 1.82) is 0 Å². The first-order valence-corrected chi connectivity index (χ1v) is 6.42. The van der Waals surface area contributed by atoms with Crippen LogP contribution in [0.3, 0.4) is 0 Å². The number of carboxylic acids is 1. The summed E-state index contributed by atoms with van der Waals surface area (Å²) in [5, 5.41) is 11.8. The molecular formula is C11H14N2O3S. The smallest absolute Gasteiger partial charge is 0.315 e. The minimum atomic E-state index is -1.12. The maximum Gasteiger partial charge on any atom is 0.315 e. The van der Waals surface area contributed by atoms with Crippen molar-refractivity contribution in [1.82, 2.24) is 4.98 Å². The van der Waals surface area contributed by atoms with Gasteiger partial charge in [-0.1, -0.05) is 0 Å². The molecule has 1 aromatic heterocycles. The molecule has 0 radical (unpaired) electrons. The lowest BCUT2D eigenvalue weighted by atomic mass is 10.0. The summed E-state index contributed by atoms with van der Waals surface area (Å²) in [7, 11) is 0. The predicted molar refractivity (Wildman–Crippen MR) is 64.2 cm³/mol. The Bertz CT molecular complexity index is 432. The Morgan fingerprint density at radius 2 is 2.12 bits per heavy atom. The summed E-state index contributed by atoms with van der Waals surface area (Å²) in [5.74, 6) is -2.68. The van der Waals surface area contributed by atoms with Crippen LogP contribution in [0.1, 0.15) is 30.3 Å². The third kappa shape index (κ3) is 2.63. The molecule has 0 fully saturated rings. The predicted octanol–water partition coefficient (Wildman–Crippen LogP) is 1.68. The van der Waals surface area contributed by atoms with Crippen molar-refractivity contribution in [3.63, 3.8) is 0 Å². The lowest BCUT2D eigenvalue weighted by Gasteiger charge is -2.06. The normalized spacial score (nSPS) is 16.1. The highest BCUT2D eigenvalue weighted by molar-refractivity contribution is 7.15. The van der Waals surface area contributed by atoms with E-state index in [0.29, 0.717) is 5.13 Å². The number of hydrogen-bond acceptors (Lipinski definition) is 4. The van der Waals surface area contributed by atoms with E-state index < -0.39 is 17.8 Å². The van der Waals surface area contributed by atoms with E-state index in [1.807, 2.05) is 0 Å². The minimum Gasteiger partial charge on any atom is -0.481 e. The van der Waals surface area contributed by atoms with Crippen molar-refractivity contribution in [3.05, 3.63) is 10.6 Å². The first-order valence-electron chi connectivity index (χ1n) is 5.60. The number of aryl methyl sites for hydroxylation is 2. The Labute approximate surface area is 103 Å². The van der Waals surface area contributed by atoms with Crippen LogP contribution in [0, 0.1) is 5.92 Å². The van der Waals surface area contributed by atoms with Crippen LogP contribution in [0.5, 0.6) is 0 Å². The monoisotopic (exact) mass is 254 g/mol. The van der Waals surface area contributed by atoms with Crippen LogP contribution in [0.2, 0.25) is 0 Å². The summed E-state index contributed by atoms with van der Waals surface area (Å²) < 4.78 is 0. The molecule has 1 heterocycles. The molecule has 0 spiro atoms. The lowest BCUT2D eigenvalue weighted by Crippen LogP contribution is -2.26. The number of hydrogen-bond donors (Lipinski definition) is 2. The molecule has 2 N–H and O–H groups in total. The fraction of sp³-hybridized carbons (Fsp3) is 0.545. The van der Waals surface area contributed by atoms with Gasteiger partial charge >= 0.3 is 5.97 Å². The number of nitrogens with zero attached hydrogens (tertiary/aromatic N) is 1. The quantitative estimate of drug-likeness (QED) is 0.804. The molecule has 0 saturated carbocycles. The number of anilines is 1. The minimum absolute atomic E-state index is 0.511. The maximum absolute atomic E-state index is 11.5. The maximum atomic E-state index is 11.5. The molecule has 1 unspecified atom stereocenters. The molecule has 0 saturated heterocycles. The summed E-state index contributed by atoms with van der Waals surface area (Å²) in [6.45, 7) is 1.37. The third-order valence-electron chi connectivity index (χ3n) is 2.84. The van der Waals surface area contributed by atoms with E-state index in [2.05, 4.69) is 10.3 Å². The molecule has 6 heteroatoms. The standard InChI is InChI=1S/C11H14N2O3S/c1-6(10(15)16)9(14)13-11-12-7-4-2-3-5-8(7)17-11/h6H,2-5H2,1H3,(H,15,16)(H,12,13,14). The number of amides is 1. The second-order valence-corrected chi connectivity index (χ2v) is 5.23. The van der Waals surface area contributed by atoms with Gasteiger partial charge in [0.15, 0.2) is 5.13 Å². The van der Waals surface area contributed by atoms with E-state index in [4.69, 9.17) is 5.11 Å². The van der Waals surface area contributed by atoms with Crippen molar-refractivity contribution in [2.24, 2.45) is 5.92 Å². The van der Waals surface area contributed by atoms with Crippen LogP contribution in [0.4, 0.5) is 5.13 Å². The van der Waals surface area contributed by atoms with Crippen LogP contribution in [-0.2, 0) is 22.4 Å². The van der Waals surface area contributed by atoms with Crippen molar-refractivity contribution in [3.8, 4) is 0 Å². The molecule has 1 aliphatic rings. The molecule has 1 aliphatic carbocycles. The highest BCUT2D eigenvalue weighted by atomic mass is 32.1. The Morgan fingerprint density at radius 3 is 2.76 bits per heavy atom. The largest absolute Gasteiger partial charge is 0.481 e. The van der Waals surface area contributed by atoms with Gasteiger partial charge in [0.1, 0.15) is 5.92 Å². The Morgan fingerprint density at radius 1 is 1.41 bits per heavy atom. The molecule has 0 aromatic carbocycles. The summed E-state index contributed by atoms with van der Waals surface area (Å²) in [4.78, 5) is 27.7. The molecule has 17 heavy (non-hydrogen) atoms. The van der Waals surface area contributed by atoms with E-state index in [1.165, 1.54) is 23.1 Å². The fourth-order valence-electron chi connectivity index (χ4n) is 1.73. The SMILES string of the molecule is CC(C(=O)O)C(=O)Nc1nc2c(s1)CCCC2.